The van der Waals surface area contributed by atoms with Crippen LogP contribution in [0.5, 0.6) is 0 Å². The first-order valence-electron chi connectivity index (χ1n) is 12.0. The van der Waals surface area contributed by atoms with Crippen molar-refractivity contribution in [2.24, 2.45) is 23.3 Å². The fourth-order valence-electron chi connectivity index (χ4n) is 2.48. The molecule has 9 N–H and O–H groups in total. The molecule has 0 fully saturated rings. The summed E-state index contributed by atoms with van der Waals surface area (Å²) in [6.45, 7) is 3.64. The van der Waals surface area contributed by atoms with Crippen molar-refractivity contribution in [2.75, 3.05) is 13.1 Å². The van der Waals surface area contributed by atoms with Gasteiger partial charge in [0.2, 0.25) is 11.8 Å². The summed E-state index contributed by atoms with van der Waals surface area (Å²) in [5.41, 5.74) is 14.9. The number of amides is 3. The Bertz CT molecular complexity index is 1350. The van der Waals surface area contributed by atoms with E-state index >= 15 is 0 Å². The highest BCUT2D eigenvalue weighted by Gasteiger charge is 2.13. The maximum Gasteiger partial charge on any atom is 0.306 e. The van der Waals surface area contributed by atoms with Gasteiger partial charge in [0.1, 0.15) is 0 Å². The van der Waals surface area contributed by atoms with Crippen molar-refractivity contribution >= 4 is 144 Å². The van der Waals surface area contributed by atoms with Gasteiger partial charge in [0.05, 0.1) is 12.5 Å². The molecule has 2 aromatic carbocycles. The van der Waals surface area contributed by atoms with Gasteiger partial charge in [-0.05, 0) is 24.0 Å². The molecule has 2 unspecified atom stereocenters. The Morgan fingerprint density at radius 2 is 1.09 bits per heavy atom. The average Bonchev–Trinajstić information content (AvgIpc) is 3.02. The first-order valence-corrected chi connectivity index (χ1v) is 24.0. The summed E-state index contributed by atoms with van der Waals surface area (Å²) in [5, 5.41) is 11.1. The number of nitrogens with one attached hydrogen (secondary N) is 1. The Morgan fingerprint density at radius 3 is 1.33 bits per heavy atom. The fraction of sp³-hybridized carbons (Fsp3) is 0.333. The summed E-state index contributed by atoms with van der Waals surface area (Å²) in [7, 11) is 7.21. The Morgan fingerprint density at radius 1 is 0.739 bits per heavy atom. The van der Waals surface area contributed by atoms with E-state index in [1.165, 1.54) is 44.4 Å². The van der Waals surface area contributed by atoms with E-state index in [-0.39, 0.29) is 49.1 Å². The summed E-state index contributed by atoms with van der Waals surface area (Å²) in [6, 6.07) is 19.4. The van der Waals surface area contributed by atoms with Crippen molar-refractivity contribution in [3.8, 4) is 0 Å². The lowest BCUT2D eigenvalue weighted by Crippen LogP contribution is -3.00. The molecule has 0 saturated heterocycles. The molecule has 0 bridgehead atoms. The molecule has 0 aliphatic carbocycles. The standard InChI is InChI=1S/C12H16N2O2.C10H12O2.C2H6N2O.ClH.S5.S4.S3/c1-9(12(16)14-8-11(13)15)7-10-5-3-2-4-6-10;1-8(10(11)12)7-9-5-3-2-4-6-9;3-1-2(4)5;;1-3-5-4-2;1-3-4-2;1-3-2/h2-6,9H,7-8H2,1H3,(H2,13,15)(H,14,16);2-6,8H,7H2,1H3,(H,11,12);1,3H2,(H2,4,5);1H;;;. The second-order valence-corrected chi connectivity index (χ2v) is 18.4. The smallest absolute Gasteiger partial charge is 0.306 e. The number of halogens is 1. The molecule has 0 heterocycles. The van der Waals surface area contributed by atoms with Gasteiger partial charge >= 0.3 is 5.97 Å². The highest BCUT2D eigenvalue weighted by Crippen LogP contribution is 2.08. The van der Waals surface area contributed by atoms with Gasteiger partial charge in [-0.3, -0.25) is 19.2 Å². The molecular weight excluding hydrogens is 845 g/mol. The molecule has 260 valence electrons. The van der Waals surface area contributed by atoms with Crippen molar-refractivity contribution in [3.05, 3.63) is 71.8 Å². The molecule has 0 aromatic heterocycles. The van der Waals surface area contributed by atoms with Gasteiger partial charge in [-0.2, -0.15) is 0 Å². The predicted molar refractivity (Wildman–Crippen MR) is 214 cm³/mol. The largest absolute Gasteiger partial charge is 1.00 e. The van der Waals surface area contributed by atoms with Crippen LogP contribution in [0.1, 0.15) is 25.0 Å². The van der Waals surface area contributed by atoms with E-state index in [0.717, 1.165) is 20.0 Å². The number of carbonyl (C=O) groups is 4. The number of carboxylic acids is 1. The first kappa shape index (κ1) is 54.7. The molecule has 9 nitrogen and oxygen atoms in total. The maximum atomic E-state index is 11.5. The average molecular weight is 880 g/mol. The van der Waals surface area contributed by atoms with Gasteiger partial charge in [-0.1, -0.05) is 74.5 Å². The Balaban J connectivity index is -0.000000164. The van der Waals surface area contributed by atoms with Crippen molar-refractivity contribution in [1.82, 2.24) is 5.32 Å². The van der Waals surface area contributed by atoms with Crippen molar-refractivity contribution in [2.45, 2.75) is 26.7 Å². The van der Waals surface area contributed by atoms with Gasteiger partial charge in [0.15, 0.2) is 6.54 Å². The molecule has 2 aromatic rings. The molecule has 0 saturated carbocycles. The predicted octanol–water partition coefficient (Wildman–Crippen LogP) is -2.89. The van der Waals surface area contributed by atoms with E-state index in [1.807, 2.05) is 67.6 Å². The summed E-state index contributed by atoms with van der Waals surface area (Å²) in [5.74, 6) is -2.24. The molecular formula is C24H35ClN4O5S12. The number of hydrogen-bond acceptors (Lipinski definition) is 10. The van der Waals surface area contributed by atoms with Crippen LogP contribution in [-0.4, -0.2) is 41.9 Å². The van der Waals surface area contributed by atoms with Crippen molar-refractivity contribution in [3.63, 3.8) is 0 Å². The van der Waals surface area contributed by atoms with Crippen LogP contribution in [0, 0.1) is 11.8 Å². The molecule has 0 aliphatic rings. The SMILES string of the molecule is CC(Cc1ccccc1)C(=O)NCC(N)=O.CC(Cc1ccccc1)C(=O)O.NC(=O)C[NH3+].S=S=S.S=S=S=S.S=S=S=S=S.[Cl-]. The number of benzene rings is 2. The third kappa shape index (κ3) is 45.3. The number of rotatable bonds is 9. The van der Waals surface area contributed by atoms with E-state index < -0.39 is 11.9 Å². The van der Waals surface area contributed by atoms with Gasteiger partial charge in [0, 0.05) is 126 Å². The van der Waals surface area contributed by atoms with Crippen LogP contribution in [0.2, 0.25) is 0 Å². The van der Waals surface area contributed by atoms with Gasteiger partial charge < -0.3 is 40.0 Å². The monoisotopic (exact) mass is 878 g/mol. The molecule has 0 spiro atoms. The zero-order chi connectivity index (χ0) is 35.5. The lowest BCUT2D eigenvalue weighted by Gasteiger charge is -2.11. The van der Waals surface area contributed by atoms with E-state index in [1.54, 1.807) is 6.92 Å². The minimum Gasteiger partial charge on any atom is -1.00 e. The van der Waals surface area contributed by atoms with Crippen LogP contribution in [-0.2, 0) is 152 Å². The van der Waals surface area contributed by atoms with Crippen LogP contribution in [0.3, 0.4) is 0 Å². The topological polar surface area (TPSA) is 180 Å². The van der Waals surface area contributed by atoms with Crippen LogP contribution in [0.25, 0.3) is 0 Å². The normalized spacial score (nSPS) is 9.46. The number of nitrogens with two attached hydrogens (primary N) is 2. The molecule has 0 aliphatic heterocycles. The summed E-state index contributed by atoms with van der Waals surface area (Å²) in [6.07, 6.45) is 1.27. The van der Waals surface area contributed by atoms with Crippen LogP contribution in [0.15, 0.2) is 60.7 Å². The lowest BCUT2D eigenvalue weighted by atomic mass is 10.0. The lowest BCUT2D eigenvalue weighted by molar-refractivity contribution is -0.354. The molecule has 22 heteroatoms. The van der Waals surface area contributed by atoms with Crippen LogP contribution < -0.4 is 34.9 Å². The van der Waals surface area contributed by atoms with Gasteiger partial charge in [-0.15, -0.1) is 0 Å². The molecule has 2 rings (SSSR count). The van der Waals surface area contributed by atoms with Crippen molar-refractivity contribution < 1.29 is 42.4 Å². The number of hydrogen-bond donors (Lipinski definition) is 5. The van der Waals surface area contributed by atoms with Crippen molar-refractivity contribution in [1.29, 1.82) is 0 Å². The number of carboxylic acid groups (broad SMARTS) is 1. The third-order valence-corrected chi connectivity index (χ3v) is 11.1. The maximum absolute atomic E-state index is 11.5. The summed E-state index contributed by atoms with van der Waals surface area (Å²) in [4.78, 5) is 42.1. The fourth-order valence-corrected chi connectivity index (χ4v) is 5.22. The zero-order valence-corrected chi connectivity index (χ0v) is 35.0. The van der Waals surface area contributed by atoms with E-state index in [0.29, 0.717) is 12.8 Å². The van der Waals surface area contributed by atoms with Crippen LogP contribution in [0.4, 0.5) is 0 Å². The highest BCUT2D eigenvalue weighted by atomic mass is 35.5. The highest BCUT2D eigenvalue weighted by molar-refractivity contribution is 8.59. The Hall–Kier alpha value is -0.790. The first-order chi connectivity index (χ1) is 21.3. The van der Waals surface area contributed by atoms with E-state index in [9.17, 15) is 19.2 Å². The number of aliphatic carboxylic acids is 1. The summed E-state index contributed by atoms with van der Waals surface area (Å²) < 4.78 is 0. The molecule has 2 atom stereocenters. The Labute approximate surface area is 323 Å². The van der Waals surface area contributed by atoms with Crippen LogP contribution >= 0.6 is 0 Å². The molecule has 0 radical (unpaired) electrons. The van der Waals surface area contributed by atoms with E-state index in [2.05, 4.69) is 83.9 Å². The minimum absolute atomic E-state index is 0. The number of quaternary nitrogens is 1. The van der Waals surface area contributed by atoms with Gasteiger partial charge in [0.25, 0.3) is 5.91 Å². The molecule has 46 heavy (non-hydrogen) atoms. The second-order valence-electron chi connectivity index (χ2n) is 7.83. The zero-order valence-electron chi connectivity index (χ0n) is 24.5. The quantitative estimate of drug-likeness (QED) is 0.175. The number of carbonyl (C=O) groups excluding carboxylic acids is 3. The van der Waals surface area contributed by atoms with E-state index in [4.69, 9.17) is 10.8 Å². The second kappa shape index (κ2) is 42.2. The summed E-state index contributed by atoms with van der Waals surface area (Å²) >= 11 is 25.8. The third-order valence-electron chi connectivity index (χ3n) is 4.41. The molecule has 3 amide bonds. The number of primary amides is 2. The van der Waals surface area contributed by atoms with Gasteiger partial charge in [-0.25, -0.2) is 0 Å². The Kier molecular flexibility index (Phi) is 50.2. The minimum atomic E-state index is -0.737.